The molecule has 4 aliphatic heterocycles. The number of dihydropyridines is 2. The summed E-state index contributed by atoms with van der Waals surface area (Å²) >= 11 is 13.0. The monoisotopic (exact) mass is 1280 g/mol. The molecule has 10 rings (SSSR count). The number of likely N-dealkylation sites (N-methyl/N-ethyl adjacent to an activating group) is 2. The summed E-state index contributed by atoms with van der Waals surface area (Å²) in [5, 5.41) is 6.05. The summed E-state index contributed by atoms with van der Waals surface area (Å²) in [7, 11) is -7.81. The number of nitrogens with zero attached hydrogens (tertiary/aromatic N) is 1. The number of carbonyl (C=O) groups excluding carboxylic acids is 2. The van der Waals surface area contributed by atoms with Gasteiger partial charge in [0.05, 0.1) is 51.2 Å². The van der Waals surface area contributed by atoms with E-state index in [1.165, 1.54) is 48.5 Å². The van der Waals surface area contributed by atoms with Gasteiger partial charge in [0, 0.05) is 58.3 Å². The molecule has 0 saturated carbocycles. The summed E-state index contributed by atoms with van der Waals surface area (Å²) in [6, 6.07) is 40.4. The highest BCUT2D eigenvalue weighted by Crippen LogP contribution is 2.50. The van der Waals surface area contributed by atoms with E-state index >= 15 is 8.78 Å². The number of halogens is 4. The highest BCUT2D eigenvalue weighted by atomic mass is 35.5. The second-order valence-electron chi connectivity index (χ2n) is 20.2. The van der Waals surface area contributed by atoms with Crippen LogP contribution in [-0.2, 0) is 60.9 Å². The average molecular weight is 1280 g/mol. The molecule has 3 unspecified atom stereocenters. The molecule has 6 aromatic carbocycles. The number of fused-ring (bicyclic) bond motifs is 2. The summed E-state index contributed by atoms with van der Waals surface area (Å²) in [4.78, 5) is 45.3. The Kier molecular flexibility index (Phi) is 21.2. The van der Waals surface area contributed by atoms with E-state index in [9.17, 15) is 31.0 Å². The van der Waals surface area contributed by atoms with E-state index in [0.717, 1.165) is 29.7 Å². The number of esters is 2. The topological polar surface area (TPSA) is 238 Å². The lowest BCUT2D eigenvalue weighted by Crippen LogP contribution is -3.08. The van der Waals surface area contributed by atoms with Crippen LogP contribution in [-0.4, -0.2) is 104 Å². The van der Waals surface area contributed by atoms with E-state index in [-0.39, 0.29) is 101 Å². The van der Waals surface area contributed by atoms with Gasteiger partial charge in [-0.2, -0.15) is 0 Å². The van der Waals surface area contributed by atoms with E-state index in [0.29, 0.717) is 31.0 Å². The number of hydrogen-bond acceptors (Lipinski definition) is 15. The number of sulfone groups is 2. The van der Waals surface area contributed by atoms with Crippen LogP contribution in [0.2, 0.25) is 10.0 Å². The Bertz CT molecular complexity index is 3660. The van der Waals surface area contributed by atoms with Gasteiger partial charge in [-0.3, -0.25) is 9.42 Å². The Hall–Kier alpha value is -7.21. The number of nitrogens with one attached hydrogen (secondary N) is 3. The molecule has 6 aromatic rings. The van der Waals surface area contributed by atoms with Crippen LogP contribution in [0.15, 0.2) is 199 Å². The molecule has 0 radical (unpaired) electrons. The molecule has 18 nitrogen and oxygen atoms in total. The number of quaternary nitrogens is 1. The van der Waals surface area contributed by atoms with Gasteiger partial charge in [0.1, 0.15) is 72.4 Å². The van der Waals surface area contributed by atoms with Crippen molar-refractivity contribution in [1.82, 2.24) is 15.5 Å². The number of phosphoric ester groups is 1. The van der Waals surface area contributed by atoms with Gasteiger partial charge in [0.25, 0.3) is 0 Å². The second-order valence-corrected chi connectivity index (χ2v) is 26.1. The van der Waals surface area contributed by atoms with Crippen molar-refractivity contribution in [3.63, 3.8) is 0 Å². The molecule has 0 fully saturated rings. The van der Waals surface area contributed by atoms with E-state index in [2.05, 4.69) is 15.2 Å². The van der Waals surface area contributed by atoms with Crippen LogP contribution in [0.3, 0.4) is 0 Å². The van der Waals surface area contributed by atoms with E-state index < -0.39 is 62.9 Å². The molecular formula is C61H62Cl2F2N4O14PS2+. The van der Waals surface area contributed by atoms with Gasteiger partial charge in [-0.05, 0) is 75.0 Å². The molecule has 4 heterocycles. The fourth-order valence-electron chi connectivity index (χ4n) is 10.2. The third-order valence-electron chi connectivity index (χ3n) is 14.1. The molecule has 454 valence electrons. The highest BCUT2D eigenvalue weighted by molar-refractivity contribution is 7.95. The molecule has 0 bridgehead atoms. The van der Waals surface area contributed by atoms with Gasteiger partial charge in [-0.15, -0.1) is 0 Å². The Labute approximate surface area is 507 Å². The van der Waals surface area contributed by atoms with Crippen molar-refractivity contribution in [2.45, 2.75) is 48.6 Å². The first-order valence-corrected chi connectivity index (χ1v) is 31.9. The first-order chi connectivity index (χ1) is 40.9. The van der Waals surface area contributed by atoms with Gasteiger partial charge >= 0.3 is 19.8 Å². The standard InChI is InChI=1S/2C30H28ClFN2O5S.CH5O4P/c2*1-19-26(30(35)38-16-15-34(2)17-20-9-4-3-5-10-20)28(27-21(31)11-8-12-22(27)32)29-23(33-19)18-39-24-13-6-7-14-25(24)40(29,36)37;1-5-6(2,3)4/h2*3-14,28,33H,15-18H2,1-2H3;1H3,(H2,2,3,4)/p+1. The zero-order valence-electron chi connectivity index (χ0n) is 47.2. The van der Waals surface area contributed by atoms with Crippen LogP contribution in [0.25, 0.3) is 0 Å². The molecule has 0 aliphatic carbocycles. The predicted molar refractivity (Wildman–Crippen MR) is 318 cm³/mol. The zero-order chi connectivity index (χ0) is 62.1. The fourth-order valence-corrected chi connectivity index (χ4v) is 14.4. The predicted octanol–water partition coefficient (Wildman–Crippen LogP) is 8.69. The quantitative estimate of drug-likeness (QED) is 0.0477. The number of benzene rings is 6. The number of rotatable bonds is 15. The third-order valence-corrected chi connectivity index (χ3v) is 19.2. The molecule has 5 N–H and O–H groups in total. The first-order valence-electron chi connectivity index (χ1n) is 26.7. The van der Waals surface area contributed by atoms with Crippen molar-refractivity contribution < 1.29 is 77.9 Å². The van der Waals surface area contributed by atoms with E-state index in [1.807, 2.05) is 79.7 Å². The second kappa shape index (κ2) is 28.1. The van der Waals surface area contributed by atoms with Gasteiger partial charge in [0.2, 0.25) is 19.7 Å². The molecule has 3 atom stereocenters. The maximum atomic E-state index is 15.4. The summed E-state index contributed by atoms with van der Waals surface area (Å²) < 4.78 is 123. The average Bonchev–Trinajstić information content (AvgIpc) is 1.31. The number of para-hydroxylation sites is 2. The van der Waals surface area contributed by atoms with Crippen LogP contribution in [0, 0.1) is 11.6 Å². The maximum Gasteiger partial charge on any atom is 0.469 e. The number of ether oxygens (including phenoxy) is 4. The first kappa shape index (κ1) is 64.8. The number of carbonyl (C=O) groups is 2. The number of allylic oxidation sites excluding steroid dienone is 4. The zero-order valence-corrected chi connectivity index (χ0v) is 51.2. The van der Waals surface area contributed by atoms with Gasteiger partial charge in [0.15, 0.2) is 0 Å². The van der Waals surface area contributed by atoms with Gasteiger partial charge < -0.3 is 44.3 Å². The van der Waals surface area contributed by atoms with Gasteiger partial charge in [-0.1, -0.05) is 120 Å². The van der Waals surface area contributed by atoms with Crippen molar-refractivity contribution in [3.8, 4) is 11.5 Å². The van der Waals surface area contributed by atoms with Crippen molar-refractivity contribution in [2.75, 3.05) is 60.7 Å². The minimum atomic E-state index is -4.25. The molecule has 0 saturated heterocycles. The number of hydrogen-bond donors (Lipinski definition) is 5. The lowest BCUT2D eigenvalue weighted by Gasteiger charge is -2.31. The normalized spacial score (nSPS) is 17.8. The van der Waals surface area contributed by atoms with Crippen LogP contribution < -0.4 is 25.0 Å². The Morgan fingerprint density at radius 1 is 0.651 bits per heavy atom. The molecule has 0 spiro atoms. The smallest absolute Gasteiger partial charge is 0.469 e. The third kappa shape index (κ3) is 14.9. The summed E-state index contributed by atoms with van der Waals surface area (Å²) in [5.41, 5.74) is 3.07. The van der Waals surface area contributed by atoms with E-state index in [4.69, 9.17) is 51.9 Å². The maximum absolute atomic E-state index is 15.4. The van der Waals surface area contributed by atoms with Crippen molar-refractivity contribution in [3.05, 3.63) is 233 Å². The largest absolute Gasteiger partial charge is 0.486 e. The van der Waals surface area contributed by atoms with Crippen molar-refractivity contribution in [2.24, 2.45) is 0 Å². The lowest BCUT2D eigenvalue weighted by molar-refractivity contribution is -0.893. The van der Waals surface area contributed by atoms with Crippen LogP contribution >= 0.6 is 31.0 Å². The fraction of sp³-hybridized carbons (Fsp3) is 0.246. The molecule has 4 aliphatic rings. The van der Waals surface area contributed by atoms with Crippen LogP contribution in [0.4, 0.5) is 8.78 Å². The highest BCUT2D eigenvalue weighted by Gasteiger charge is 2.47. The van der Waals surface area contributed by atoms with Gasteiger partial charge in [-0.25, -0.2) is 39.8 Å². The van der Waals surface area contributed by atoms with Crippen LogP contribution in [0.5, 0.6) is 11.5 Å². The number of phosphoric acid groups is 1. The van der Waals surface area contributed by atoms with E-state index in [1.54, 1.807) is 50.2 Å². The Morgan fingerprint density at radius 3 is 1.49 bits per heavy atom. The van der Waals surface area contributed by atoms with Crippen molar-refractivity contribution in [1.29, 1.82) is 0 Å². The summed E-state index contributed by atoms with van der Waals surface area (Å²) in [6.45, 7) is 5.45. The van der Waals surface area contributed by atoms with Crippen molar-refractivity contribution >= 4 is 62.6 Å². The molecular weight excluding hydrogens is 1220 g/mol. The molecule has 0 aromatic heterocycles. The molecule has 25 heteroatoms. The Balaban J connectivity index is 0.000000204. The molecule has 86 heavy (non-hydrogen) atoms. The summed E-state index contributed by atoms with van der Waals surface area (Å²) in [6.07, 6.45) is 0. The van der Waals surface area contributed by atoms with Crippen LogP contribution in [0.1, 0.15) is 47.9 Å². The summed E-state index contributed by atoms with van der Waals surface area (Å²) in [5.74, 6) is -5.33. The lowest BCUT2D eigenvalue weighted by atomic mass is 9.86. The SMILES string of the molecule is CC1=C(C(=O)OCCN(C)Cc2ccccc2)C(c2c(F)cccc2Cl)C2=C(COc3ccccc3S2(=O)=O)N1.CC1=C(C(=O)OCC[NH+](C)Cc2ccccc2)C(c2c(F)cccc2Cl)C2=C(COc3ccccc3S2(=O)=O)N1.COP(=O)(O)O. The Morgan fingerprint density at radius 2 is 1.06 bits per heavy atom. The minimum absolute atomic E-state index is 0.00228. The molecule has 0 amide bonds. The minimum Gasteiger partial charge on any atom is -0.486 e.